The highest BCUT2D eigenvalue weighted by atomic mass is 16.5. The Morgan fingerprint density at radius 1 is 1.33 bits per heavy atom. The van der Waals surface area contributed by atoms with Gasteiger partial charge in [-0.2, -0.15) is 0 Å². The van der Waals surface area contributed by atoms with Crippen LogP contribution < -0.4 is 5.73 Å². The molecule has 5 nitrogen and oxygen atoms in total. The molecular formula is C13H13N3O2. The molecule has 0 atom stereocenters. The smallest absolute Gasteiger partial charge is 0.357 e. The second-order valence-corrected chi connectivity index (χ2v) is 3.82. The van der Waals surface area contributed by atoms with Gasteiger partial charge in [0, 0.05) is 6.20 Å². The summed E-state index contributed by atoms with van der Waals surface area (Å²) in [5.41, 5.74) is 7.95. The summed E-state index contributed by atoms with van der Waals surface area (Å²) in [6, 6.07) is 6.89. The lowest BCUT2D eigenvalue weighted by atomic mass is 10.2. The van der Waals surface area contributed by atoms with E-state index in [2.05, 4.69) is 9.97 Å². The van der Waals surface area contributed by atoms with Gasteiger partial charge < -0.3 is 10.5 Å². The third kappa shape index (κ3) is 2.82. The first kappa shape index (κ1) is 12.0. The van der Waals surface area contributed by atoms with Crippen molar-refractivity contribution in [2.24, 2.45) is 0 Å². The molecule has 0 saturated carbocycles. The minimum Gasteiger partial charge on any atom is -0.454 e. The summed E-state index contributed by atoms with van der Waals surface area (Å²) < 4.78 is 5.13. The number of carbonyl (C=O) groups excluding carboxylic acids is 1. The van der Waals surface area contributed by atoms with E-state index in [4.69, 9.17) is 10.5 Å². The number of hydrogen-bond donors (Lipinski definition) is 1. The molecule has 0 bridgehead atoms. The fourth-order valence-electron chi connectivity index (χ4n) is 1.40. The van der Waals surface area contributed by atoms with Crippen LogP contribution in [0.4, 0.5) is 5.69 Å². The van der Waals surface area contributed by atoms with E-state index < -0.39 is 5.97 Å². The summed E-state index contributed by atoms with van der Waals surface area (Å²) in [6.07, 6.45) is 3.08. The molecule has 2 N–H and O–H groups in total. The van der Waals surface area contributed by atoms with Gasteiger partial charge in [0.2, 0.25) is 0 Å². The molecule has 0 aromatic carbocycles. The number of aromatic nitrogens is 2. The molecule has 92 valence electrons. The lowest BCUT2D eigenvalue weighted by molar-refractivity contribution is 0.0460. The monoisotopic (exact) mass is 243 g/mol. The van der Waals surface area contributed by atoms with Crippen molar-refractivity contribution in [2.45, 2.75) is 13.5 Å². The van der Waals surface area contributed by atoms with Crippen LogP contribution in [0.2, 0.25) is 0 Å². The van der Waals surface area contributed by atoms with Crippen molar-refractivity contribution in [3.63, 3.8) is 0 Å². The first-order valence-electron chi connectivity index (χ1n) is 5.46. The summed E-state index contributed by atoms with van der Waals surface area (Å²) >= 11 is 0. The van der Waals surface area contributed by atoms with Crippen LogP contribution in [0.5, 0.6) is 0 Å². The van der Waals surface area contributed by atoms with Crippen molar-refractivity contribution < 1.29 is 9.53 Å². The van der Waals surface area contributed by atoms with Gasteiger partial charge in [-0.3, -0.25) is 4.98 Å². The van der Waals surface area contributed by atoms with Crippen LogP contribution in [0, 0.1) is 6.92 Å². The third-order valence-corrected chi connectivity index (χ3v) is 2.45. The van der Waals surface area contributed by atoms with Crippen LogP contribution in [-0.2, 0) is 11.3 Å². The van der Waals surface area contributed by atoms with E-state index in [1.165, 1.54) is 12.3 Å². The van der Waals surface area contributed by atoms with Crippen molar-refractivity contribution in [3.05, 3.63) is 53.6 Å². The van der Waals surface area contributed by atoms with Crippen molar-refractivity contribution in [3.8, 4) is 0 Å². The van der Waals surface area contributed by atoms with Crippen LogP contribution >= 0.6 is 0 Å². The molecule has 0 unspecified atom stereocenters. The summed E-state index contributed by atoms with van der Waals surface area (Å²) in [5, 5.41) is 0. The first-order valence-corrected chi connectivity index (χ1v) is 5.46. The highest BCUT2D eigenvalue weighted by Crippen LogP contribution is 2.07. The standard InChI is InChI=1S/C13H13N3O2/c1-9-3-2-6-15-12(9)8-18-13(17)11-5-4-10(14)7-16-11/h2-7H,8,14H2,1H3. The fraction of sp³-hybridized carbons (Fsp3) is 0.154. The molecule has 2 aromatic heterocycles. The summed E-state index contributed by atoms with van der Waals surface area (Å²) in [7, 11) is 0. The predicted octanol–water partition coefficient (Wildman–Crippen LogP) is 1.72. The second-order valence-electron chi connectivity index (χ2n) is 3.82. The number of nitrogen functional groups attached to an aromatic ring is 1. The van der Waals surface area contributed by atoms with E-state index in [-0.39, 0.29) is 12.3 Å². The van der Waals surface area contributed by atoms with E-state index in [0.29, 0.717) is 5.69 Å². The predicted molar refractivity (Wildman–Crippen MR) is 66.7 cm³/mol. The van der Waals surface area contributed by atoms with Gasteiger partial charge in [-0.15, -0.1) is 0 Å². The number of ether oxygens (including phenoxy) is 1. The quantitative estimate of drug-likeness (QED) is 0.830. The van der Waals surface area contributed by atoms with Crippen LogP contribution in [0.25, 0.3) is 0 Å². The fourth-order valence-corrected chi connectivity index (χ4v) is 1.40. The minimum atomic E-state index is -0.486. The van der Waals surface area contributed by atoms with Crippen molar-refractivity contribution in [1.29, 1.82) is 0 Å². The van der Waals surface area contributed by atoms with Gasteiger partial charge in [0.05, 0.1) is 17.6 Å². The number of hydrogen-bond acceptors (Lipinski definition) is 5. The average molecular weight is 243 g/mol. The van der Waals surface area contributed by atoms with Gasteiger partial charge in [-0.05, 0) is 30.7 Å². The maximum atomic E-state index is 11.7. The maximum absolute atomic E-state index is 11.7. The van der Waals surface area contributed by atoms with Gasteiger partial charge in [0.15, 0.2) is 0 Å². The second kappa shape index (κ2) is 5.27. The molecule has 0 aliphatic carbocycles. The Morgan fingerprint density at radius 3 is 2.83 bits per heavy atom. The van der Waals surface area contributed by atoms with Crippen LogP contribution in [0.15, 0.2) is 36.7 Å². The van der Waals surface area contributed by atoms with Crippen molar-refractivity contribution >= 4 is 11.7 Å². The number of pyridine rings is 2. The van der Waals surface area contributed by atoms with E-state index >= 15 is 0 Å². The number of esters is 1. The van der Waals surface area contributed by atoms with Gasteiger partial charge in [0.1, 0.15) is 12.3 Å². The van der Waals surface area contributed by atoms with E-state index in [9.17, 15) is 4.79 Å². The molecule has 0 radical (unpaired) electrons. The molecule has 0 spiro atoms. The van der Waals surface area contributed by atoms with Gasteiger partial charge in [0.25, 0.3) is 0 Å². The van der Waals surface area contributed by atoms with Gasteiger partial charge >= 0.3 is 5.97 Å². The molecule has 0 fully saturated rings. The zero-order chi connectivity index (χ0) is 13.0. The van der Waals surface area contributed by atoms with E-state index in [1.807, 2.05) is 19.1 Å². The van der Waals surface area contributed by atoms with E-state index in [0.717, 1.165) is 11.3 Å². The summed E-state index contributed by atoms with van der Waals surface area (Å²) in [5.74, 6) is -0.486. The Bertz CT molecular complexity index is 552. The Hall–Kier alpha value is -2.43. The van der Waals surface area contributed by atoms with E-state index in [1.54, 1.807) is 12.3 Å². The van der Waals surface area contributed by atoms with Crippen LogP contribution in [-0.4, -0.2) is 15.9 Å². The van der Waals surface area contributed by atoms with Crippen molar-refractivity contribution in [1.82, 2.24) is 9.97 Å². The number of anilines is 1. The lowest BCUT2D eigenvalue weighted by Gasteiger charge is -2.06. The topological polar surface area (TPSA) is 78.1 Å². The molecule has 2 rings (SSSR count). The summed E-state index contributed by atoms with van der Waals surface area (Å²) in [4.78, 5) is 19.7. The number of nitrogens with zero attached hydrogens (tertiary/aromatic N) is 2. The largest absolute Gasteiger partial charge is 0.454 e. The number of rotatable bonds is 3. The third-order valence-electron chi connectivity index (χ3n) is 2.45. The van der Waals surface area contributed by atoms with Gasteiger partial charge in [-0.25, -0.2) is 9.78 Å². The summed E-state index contributed by atoms with van der Waals surface area (Å²) in [6.45, 7) is 2.05. The highest BCUT2D eigenvalue weighted by molar-refractivity contribution is 5.87. The van der Waals surface area contributed by atoms with Gasteiger partial charge in [-0.1, -0.05) is 6.07 Å². The number of nitrogens with two attached hydrogens (primary N) is 1. The molecule has 5 heteroatoms. The molecule has 0 aliphatic rings. The Morgan fingerprint density at radius 2 is 2.17 bits per heavy atom. The average Bonchev–Trinajstić information content (AvgIpc) is 2.38. The highest BCUT2D eigenvalue weighted by Gasteiger charge is 2.09. The number of carbonyl (C=O) groups is 1. The van der Waals surface area contributed by atoms with Crippen LogP contribution in [0.3, 0.4) is 0 Å². The Kier molecular flexibility index (Phi) is 3.52. The Labute approximate surface area is 105 Å². The maximum Gasteiger partial charge on any atom is 0.357 e. The SMILES string of the molecule is Cc1cccnc1COC(=O)c1ccc(N)cn1. The normalized spacial score (nSPS) is 10.1. The molecule has 0 aliphatic heterocycles. The number of aryl methyl sites for hydroxylation is 1. The zero-order valence-electron chi connectivity index (χ0n) is 9.96. The minimum absolute atomic E-state index is 0.136. The molecule has 2 heterocycles. The lowest BCUT2D eigenvalue weighted by Crippen LogP contribution is -2.09. The van der Waals surface area contributed by atoms with Crippen LogP contribution in [0.1, 0.15) is 21.7 Å². The first-order chi connectivity index (χ1) is 8.66. The molecule has 18 heavy (non-hydrogen) atoms. The zero-order valence-corrected chi connectivity index (χ0v) is 9.96. The molecule has 0 saturated heterocycles. The molecule has 0 amide bonds. The Balaban J connectivity index is 2.01. The van der Waals surface area contributed by atoms with Crippen molar-refractivity contribution in [2.75, 3.05) is 5.73 Å². The molecule has 2 aromatic rings. The molecular weight excluding hydrogens is 230 g/mol.